The average molecular weight is 214 g/mol. The van der Waals surface area contributed by atoms with Crippen molar-refractivity contribution in [1.29, 1.82) is 0 Å². The fraction of sp³-hybridized carbons (Fsp3) is 0.500. The van der Waals surface area contributed by atoms with Gasteiger partial charge >= 0.3 is 0 Å². The molecule has 0 saturated heterocycles. The monoisotopic (exact) mass is 214 g/mol. The Balaban J connectivity index is 3.09. The number of likely N-dealkylation sites (N-methyl/N-ethyl adjacent to an activating group) is 1. The number of aliphatic hydroxyl groups excluding tert-OH is 1. The van der Waals surface area contributed by atoms with Crippen molar-refractivity contribution in [2.45, 2.75) is 13.3 Å². The summed E-state index contributed by atoms with van der Waals surface area (Å²) in [4.78, 5) is 24.7. The fourth-order valence-electron chi connectivity index (χ4n) is 1.28. The van der Waals surface area contributed by atoms with Gasteiger partial charge in [0.2, 0.25) is 12.3 Å². The number of rotatable bonds is 1. The van der Waals surface area contributed by atoms with Crippen molar-refractivity contribution in [2.24, 2.45) is 5.73 Å². The molecule has 0 aromatic heterocycles. The molecular weight excluding hydrogens is 200 g/mol. The van der Waals surface area contributed by atoms with Gasteiger partial charge in [0.25, 0.3) is 5.91 Å². The predicted molar refractivity (Wildman–Crippen MR) is 51.6 cm³/mol. The fourth-order valence-corrected chi connectivity index (χ4v) is 1.28. The van der Waals surface area contributed by atoms with Crippen molar-refractivity contribution in [3.05, 3.63) is 11.5 Å². The van der Waals surface area contributed by atoms with Crippen LogP contribution in [0, 0.1) is 0 Å². The molecule has 7 heteroatoms. The zero-order valence-electron chi connectivity index (χ0n) is 8.81. The lowest BCUT2D eigenvalue weighted by Gasteiger charge is -2.38. The van der Waals surface area contributed by atoms with Gasteiger partial charge in [0.05, 0.1) is 0 Å². The van der Waals surface area contributed by atoms with Crippen LogP contribution in [-0.2, 0) is 9.59 Å². The van der Waals surface area contributed by atoms with Gasteiger partial charge < -0.3 is 21.1 Å². The number of carbonyl (C=O) groups excluding carboxylic acids is 2. The summed E-state index contributed by atoms with van der Waals surface area (Å²) in [6.45, 7) is 1.29. The first-order valence-electron chi connectivity index (χ1n) is 4.31. The molecule has 0 saturated carbocycles. The Labute approximate surface area is 87.1 Å². The molecule has 0 aliphatic carbocycles. The molecule has 84 valence electrons. The normalized spacial score (nSPS) is 22.1. The van der Waals surface area contributed by atoms with E-state index in [2.05, 4.69) is 5.32 Å². The van der Waals surface area contributed by atoms with Crippen LogP contribution in [0.3, 0.4) is 0 Å². The van der Waals surface area contributed by atoms with Crippen molar-refractivity contribution in [3.8, 4) is 0 Å². The highest BCUT2D eigenvalue weighted by Gasteiger charge is 2.33. The number of hydrogen-bond acceptors (Lipinski definition) is 5. The maximum atomic E-state index is 11.5. The summed E-state index contributed by atoms with van der Waals surface area (Å²) in [7, 11) is 2.94. The Morgan fingerprint density at radius 3 is 2.47 bits per heavy atom. The van der Waals surface area contributed by atoms with E-state index in [1.165, 1.54) is 25.9 Å². The van der Waals surface area contributed by atoms with Crippen molar-refractivity contribution >= 4 is 11.8 Å². The molecule has 1 aliphatic heterocycles. The van der Waals surface area contributed by atoms with Gasteiger partial charge in [-0.2, -0.15) is 0 Å². The molecule has 0 spiro atoms. The van der Waals surface area contributed by atoms with E-state index in [1.807, 2.05) is 0 Å². The summed E-state index contributed by atoms with van der Waals surface area (Å²) in [5.41, 5.74) is 5.44. The smallest absolute Gasteiger partial charge is 0.276 e. The molecule has 0 aromatic rings. The lowest BCUT2D eigenvalue weighted by Crippen LogP contribution is -2.56. The van der Waals surface area contributed by atoms with Gasteiger partial charge in [-0.3, -0.25) is 14.5 Å². The maximum Gasteiger partial charge on any atom is 0.276 e. The minimum atomic E-state index is -1.13. The van der Waals surface area contributed by atoms with Gasteiger partial charge in [0, 0.05) is 21.0 Å². The number of amides is 2. The number of nitrogens with zero attached hydrogens (tertiary/aromatic N) is 2. The summed E-state index contributed by atoms with van der Waals surface area (Å²) in [5, 5.41) is 12.0. The lowest BCUT2D eigenvalue weighted by molar-refractivity contribution is -0.150. The Morgan fingerprint density at radius 2 is 2.00 bits per heavy atom. The van der Waals surface area contributed by atoms with E-state index < -0.39 is 12.3 Å². The van der Waals surface area contributed by atoms with Crippen molar-refractivity contribution < 1.29 is 14.7 Å². The Kier molecular flexibility index (Phi) is 2.85. The van der Waals surface area contributed by atoms with E-state index in [-0.39, 0.29) is 17.4 Å². The van der Waals surface area contributed by atoms with Crippen LogP contribution in [0.15, 0.2) is 11.5 Å². The minimum absolute atomic E-state index is 0.0968. The summed E-state index contributed by atoms with van der Waals surface area (Å²) in [5.74, 6) is -0.758. The van der Waals surface area contributed by atoms with E-state index in [0.717, 1.165) is 4.90 Å². The van der Waals surface area contributed by atoms with Crippen molar-refractivity contribution in [1.82, 2.24) is 15.1 Å². The molecule has 1 unspecified atom stereocenters. The summed E-state index contributed by atoms with van der Waals surface area (Å²) in [6, 6.07) is 0. The number of nitrogens with one attached hydrogen (secondary N) is 1. The molecule has 0 radical (unpaired) electrons. The zero-order valence-corrected chi connectivity index (χ0v) is 8.81. The SMILES string of the molecule is CC(=O)NC1=C(N)C(=O)N(C)C(O)N1C. The first kappa shape index (κ1) is 11.3. The Hall–Kier alpha value is -1.76. The second kappa shape index (κ2) is 3.77. The van der Waals surface area contributed by atoms with E-state index >= 15 is 0 Å². The lowest BCUT2D eigenvalue weighted by atomic mass is 10.3. The first-order chi connectivity index (χ1) is 6.86. The molecule has 1 rings (SSSR count). The van der Waals surface area contributed by atoms with Crippen LogP contribution < -0.4 is 11.1 Å². The summed E-state index contributed by atoms with van der Waals surface area (Å²) in [6.07, 6.45) is -1.13. The molecule has 0 aromatic carbocycles. The third kappa shape index (κ3) is 1.86. The quantitative estimate of drug-likeness (QED) is 0.465. The Bertz CT molecular complexity index is 339. The van der Waals surface area contributed by atoms with E-state index in [0.29, 0.717) is 0 Å². The number of aliphatic hydroxyl groups is 1. The number of nitrogens with two attached hydrogens (primary N) is 1. The van der Waals surface area contributed by atoms with Crippen molar-refractivity contribution in [2.75, 3.05) is 14.1 Å². The maximum absolute atomic E-state index is 11.5. The predicted octanol–water partition coefficient (Wildman–Crippen LogP) is -2.07. The van der Waals surface area contributed by atoms with Crippen LogP contribution >= 0.6 is 0 Å². The van der Waals surface area contributed by atoms with E-state index in [4.69, 9.17) is 5.73 Å². The molecule has 1 aliphatic rings. The van der Waals surface area contributed by atoms with Crippen LogP contribution in [0.2, 0.25) is 0 Å². The third-order valence-electron chi connectivity index (χ3n) is 2.15. The number of hydrogen-bond donors (Lipinski definition) is 3. The van der Waals surface area contributed by atoms with E-state index in [9.17, 15) is 14.7 Å². The highest BCUT2D eigenvalue weighted by atomic mass is 16.3. The second-order valence-corrected chi connectivity index (χ2v) is 3.32. The molecular formula is C8H14N4O3. The van der Waals surface area contributed by atoms with Crippen LogP contribution in [0.1, 0.15) is 6.92 Å². The van der Waals surface area contributed by atoms with Gasteiger partial charge in [0.15, 0.2) is 0 Å². The number of carbonyl (C=O) groups is 2. The third-order valence-corrected chi connectivity index (χ3v) is 2.15. The molecule has 0 fully saturated rings. The molecule has 4 N–H and O–H groups in total. The molecule has 15 heavy (non-hydrogen) atoms. The molecule has 7 nitrogen and oxygen atoms in total. The first-order valence-corrected chi connectivity index (χ1v) is 4.31. The molecule has 0 bridgehead atoms. The van der Waals surface area contributed by atoms with Crippen LogP contribution in [0.25, 0.3) is 0 Å². The molecule has 1 heterocycles. The Morgan fingerprint density at radius 1 is 1.47 bits per heavy atom. The van der Waals surface area contributed by atoms with Gasteiger partial charge in [-0.25, -0.2) is 0 Å². The highest BCUT2D eigenvalue weighted by molar-refractivity contribution is 5.94. The van der Waals surface area contributed by atoms with Gasteiger partial charge in [-0.1, -0.05) is 0 Å². The van der Waals surface area contributed by atoms with Crippen LogP contribution in [-0.4, -0.2) is 47.2 Å². The largest absolute Gasteiger partial charge is 0.391 e. The van der Waals surface area contributed by atoms with Crippen LogP contribution in [0.5, 0.6) is 0 Å². The highest BCUT2D eigenvalue weighted by Crippen LogP contribution is 2.16. The molecule has 2 amide bonds. The van der Waals surface area contributed by atoms with Crippen molar-refractivity contribution in [3.63, 3.8) is 0 Å². The summed E-state index contributed by atoms with van der Waals surface area (Å²) < 4.78 is 0. The van der Waals surface area contributed by atoms with Gasteiger partial charge in [-0.05, 0) is 0 Å². The topological polar surface area (TPSA) is 98.9 Å². The summed E-state index contributed by atoms with van der Waals surface area (Å²) >= 11 is 0. The zero-order chi connectivity index (χ0) is 11.7. The van der Waals surface area contributed by atoms with E-state index in [1.54, 1.807) is 0 Å². The molecule has 1 atom stereocenters. The standard InChI is InChI=1S/C8H14N4O3/c1-4(13)10-6-5(9)7(14)12(3)8(15)11(6)2/h8,15H,9H2,1-3H3,(H,10,13). The average Bonchev–Trinajstić information content (AvgIpc) is 2.18. The van der Waals surface area contributed by atoms with Crippen LogP contribution in [0.4, 0.5) is 0 Å². The second-order valence-electron chi connectivity index (χ2n) is 3.32. The minimum Gasteiger partial charge on any atom is -0.391 e. The van der Waals surface area contributed by atoms with Gasteiger partial charge in [-0.15, -0.1) is 0 Å². The van der Waals surface area contributed by atoms with Gasteiger partial charge in [0.1, 0.15) is 11.5 Å².